The van der Waals surface area contributed by atoms with E-state index in [-0.39, 0.29) is 0 Å². The molecule has 16 heavy (non-hydrogen) atoms. The zero-order chi connectivity index (χ0) is 10.8. The first-order chi connectivity index (χ1) is 7.93. The van der Waals surface area contributed by atoms with Crippen molar-refractivity contribution in [2.75, 3.05) is 0 Å². The predicted molar refractivity (Wildman–Crippen MR) is 52.8 cm³/mol. The lowest BCUT2D eigenvalue weighted by Gasteiger charge is -1.90. The van der Waals surface area contributed by atoms with Gasteiger partial charge < -0.3 is 0 Å². The van der Waals surface area contributed by atoms with E-state index in [1.165, 1.54) is 0 Å². The van der Waals surface area contributed by atoms with Crippen molar-refractivity contribution in [3.8, 4) is 23.2 Å². The van der Waals surface area contributed by atoms with Crippen molar-refractivity contribution in [2.24, 2.45) is 0 Å². The van der Waals surface area contributed by atoms with Crippen LogP contribution in [-0.2, 0) is 0 Å². The van der Waals surface area contributed by atoms with Gasteiger partial charge in [-0.1, -0.05) is 6.07 Å². The molecule has 0 saturated heterocycles. The fourth-order valence-corrected chi connectivity index (χ4v) is 1.23. The highest BCUT2D eigenvalue weighted by Gasteiger charge is 2.10. The standard InChI is InChI=1S/C8H6N8/c1-2-4-9-5(3-1)6-10-7(12-11-6)8-13-15-16-14-8/h1-4H,(H,10,11,12)(H,13,14,15,16). The van der Waals surface area contributed by atoms with Crippen molar-refractivity contribution in [3.05, 3.63) is 24.4 Å². The zero-order valence-electron chi connectivity index (χ0n) is 7.99. The van der Waals surface area contributed by atoms with E-state index in [0.29, 0.717) is 23.2 Å². The summed E-state index contributed by atoms with van der Waals surface area (Å²) in [6, 6.07) is 5.52. The third-order valence-electron chi connectivity index (χ3n) is 1.94. The van der Waals surface area contributed by atoms with E-state index in [1.54, 1.807) is 6.20 Å². The number of pyridine rings is 1. The van der Waals surface area contributed by atoms with Gasteiger partial charge in [0.1, 0.15) is 5.69 Å². The number of rotatable bonds is 2. The van der Waals surface area contributed by atoms with Crippen LogP contribution >= 0.6 is 0 Å². The molecule has 3 aromatic heterocycles. The number of nitrogens with one attached hydrogen (secondary N) is 2. The first kappa shape index (κ1) is 8.65. The Labute approximate surface area is 89.2 Å². The van der Waals surface area contributed by atoms with E-state index in [1.807, 2.05) is 18.2 Å². The van der Waals surface area contributed by atoms with E-state index < -0.39 is 0 Å². The summed E-state index contributed by atoms with van der Waals surface area (Å²) in [5, 5.41) is 20.1. The molecular weight excluding hydrogens is 208 g/mol. The van der Waals surface area contributed by atoms with Crippen LogP contribution in [0, 0.1) is 0 Å². The Balaban J connectivity index is 2.00. The SMILES string of the molecule is c1ccc(-c2n[nH]c(-c3nn[nH]n3)n2)nc1. The minimum absolute atomic E-state index is 0.370. The molecule has 0 aromatic carbocycles. The van der Waals surface area contributed by atoms with Crippen LogP contribution in [0.15, 0.2) is 24.4 Å². The third-order valence-corrected chi connectivity index (χ3v) is 1.94. The zero-order valence-corrected chi connectivity index (χ0v) is 7.99. The minimum atomic E-state index is 0.370. The van der Waals surface area contributed by atoms with Crippen molar-refractivity contribution in [2.45, 2.75) is 0 Å². The summed E-state index contributed by atoms with van der Waals surface area (Å²) in [5.41, 5.74) is 0.688. The maximum Gasteiger partial charge on any atom is 0.241 e. The Bertz CT molecular complexity index is 569. The summed E-state index contributed by atoms with van der Waals surface area (Å²) in [4.78, 5) is 8.34. The van der Waals surface area contributed by atoms with Gasteiger partial charge in [0.15, 0.2) is 11.6 Å². The summed E-state index contributed by atoms with van der Waals surface area (Å²) in [5.74, 6) is 1.32. The molecule has 0 aliphatic carbocycles. The number of aromatic amines is 2. The Morgan fingerprint density at radius 3 is 2.81 bits per heavy atom. The fraction of sp³-hybridized carbons (Fsp3) is 0. The molecule has 0 bridgehead atoms. The van der Waals surface area contributed by atoms with E-state index >= 15 is 0 Å². The highest BCUT2D eigenvalue weighted by atomic mass is 15.5. The summed E-state index contributed by atoms with van der Waals surface area (Å²) >= 11 is 0. The monoisotopic (exact) mass is 214 g/mol. The number of hydrogen-bond donors (Lipinski definition) is 2. The third kappa shape index (κ3) is 1.41. The Morgan fingerprint density at radius 2 is 2.06 bits per heavy atom. The molecule has 2 N–H and O–H groups in total. The van der Waals surface area contributed by atoms with Gasteiger partial charge in [0.2, 0.25) is 5.82 Å². The van der Waals surface area contributed by atoms with E-state index in [0.717, 1.165) is 0 Å². The van der Waals surface area contributed by atoms with Crippen molar-refractivity contribution in [1.82, 2.24) is 40.8 Å². The van der Waals surface area contributed by atoms with E-state index in [2.05, 4.69) is 40.8 Å². The topological polar surface area (TPSA) is 109 Å². The molecule has 0 saturated carbocycles. The van der Waals surface area contributed by atoms with Gasteiger partial charge in [-0.2, -0.15) is 10.3 Å². The Kier molecular flexibility index (Phi) is 1.89. The van der Waals surface area contributed by atoms with Gasteiger partial charge in [-0.15, -0.1) is 10.2 Å². The van der Waals surface area contributed by atoms with Crippen LogP contribution in [-0.4, -0.2) is 40.8 Å². The molecule has 0 unspecified atom stereocenters. The second kappa shape index (κ2) is 3.50. The smallest absolute Gasteiger partial charge is 0.241 e. The van der Waals surface area contributed by atoms with Crippen molar-refractivity contribution in [3.63, 3.8) is 0 Å². The van der Waals surface area contributed by atoms with Crippen LogP contribution in [0.3, 0.4) is 0 Å². The van der Waals surface area contributed by atoms with E-state index in [9.17, 15) is 0 Å². The predicted octanol–water partition coefficient (Wildman–Crippen LogP) is 0.0468. The Hall–Kier alpha value is -2.64. The lowest BCUT2D eigenvalue weighted by atomic mass is 10.3. The minimum Gasteiger partial charge on any atom is -0.256 e. The fourth-order valence-electron chi connectivity index (χ4n) is 1.23. The molecule has 0 amide bonds. The van der Waals surface area contributed by atoms with Crippen molar-refractivity contribution < 1.29 is 0 Å². The van der Waals surface area contributed by atoms with Crippen LogP contribution in [0.4, 0.5) is 0 Å². The highest BCUT2D eigenvalue weighted by molar-refractivity contribution is 5.52. The maximum atomic E-state index is 4.21. The van der Waals surface area contributed by atoms with Gasteiger partial charge in [0.25, 0.3) is 0 Å². The normalized spacial score (nSPS) is 10.5. The summed E-state index contributed by atoms with van der Waals surface area (Å²) in [6.45, 7) is 0. The van der Waals surface area contributed by atoms with Gasteiger partial charge in [0.05, 0.1) is 0 Å². The van der Waals surface area contributed by atoms with Crippen LogP contribution < -0.4 is 0 Å². The Morgan fingerprint density at radius 1 is 1.06 bits per heavy atom. The number of aromatic nitrogens is 8. The van der Waals surface area contributed by atoms with Crippen molar-refractivity contribution >= 4 is 0 Å². The van der Waals surface area contributed by atoms with Crippen LogP contribution in [0.2, 0.25) is 0 Å². The molecule has 8 nitrogen and oxygen atoms in total. The molecule has 0 fully saturated rings. The van der Waals surface area contributed by atoms with Crippen LogP contribution in [0.5, 0.6) is 0 Å². The molecule has 3 aromatic rings. The summed E-state index contributed by atoms with van der Waals surface area (Å²) < 4.78 is 0. The summed E-state index contributed by atoms with van der Waals surface area (Å²) in [6.07, 6.45) is 1.68. The van der Waals surface area contributed by atoms with E-state index in [4.69, 9.17) is 0 Å². The molecule has 0 aliphatic heterocycles. The highest BCUT2D eigenvalue weighted by Crippen LogP contribution is 2.13. The quantitative estimate of drug-likeness (QED) is 0.623. The number of H-pyrrole nitrogens is 2. The average molecular weight is 214 g/mol. The first-order valence-electron chi connectivity index (χ1n) is 4.51. The summed E-state index contributed by atoms with van der Waals surface area (Å²) in [7, 11) is 0. The van der Waals surface area contributed by atoms with Gasteiger partial charge in [-0.25, -0.2) is 4.98 Å². The molecular formula is C8H6N8. The average Bonchev–Trinajstić information content (AvgIpc) is 3.01. The van der Waals surface area contributed by atoms with Gasteiger partial charge in [-0.05, 0) is 17.3 Å². The number of hydrogen-bond acceptors (Lipinski definition) is 6. The number of nitrogens with zero attached hydrogens (tertiary/aromatic N) is 6. The molecule has 0 atom stereocenters. The first-order valence-corrected chi connectivity index (χ1v) is 4.51. The molecule has 0 spiro atoms. The lowest BCUT2D eigenvalue weighted by molar-refractivity contribution is 0.881. The molecule has 3 rings (SSSR count). The molecule has 3 heterocycles. The second-order valence-corrected chi connectivity index (χ2v) is 2.96. The lowest BCUT2D eigenvalue weighted by Crippen LogP contribution is -1.85. The molecule has 8 heteroatoms. The van der Waals surface area contributed by atoms with Crippen LogP contribution in [0.1, 0.15) is 0 Å². The van der Waals surface area contributed by atoms with Gasteiger partial charge in [-0.3, -0.25) is 10.1 Å². The largest absolute Gasteiger partial charge is 0.256 e. The molecule has 78 valence electrons. The second-order valence-electron chi connectivity index (χ2n) is 2.96. The maximum absolute atomic E-state index is 4.21. The van der Waals surface area contributed by atoms with Gasteiger partial charge in [0, 0.05) is 6.20 Å². The molecule has 0 radical (unpaired) electrons. The van der Waals surface area contributed by atoms with Crippen LogP contribution in [0.25, 0.3) is 23.2 Å². The van der Waals surface area contributed by atoms with Crippen molar-refractivity contribution in [1.29, 1.82) is 0 Å². The number of tetrazole rings is 1. The molecule has 0 aliphatic rings. The van der Waals surface area contributed by atoms with Gasteiger partial charge >= 0.3 is 0 Å².